The lowest BCUT2D eigenvalue weighted by Gasteiger charge is -2.09. The number of benzene rings is 2. The van der Waals surface area contributed by atoms with Gasteiger partial charge in [0.1, 0.15) is 11.6 Å². The molecule has 122 valence electrons. The van der Waals surface area contributed by atoms with Gasteiger partial charge in [0, 0.05) is 17.4 Å². The Morgan fingerprint density at radius 1 is 0.957 bits per heavy atom. The molecule has 23 heavy (non-hydrogen) atoms. The molecule has 0 fully saturated rings. The number of halogens is 2. The second-order valence-corrected chi connectivity index (χ2v) is 6.40. The SMILES string of the molecule is CS(=O)(=O)Nc1ccc(NC(=O)Nc2cc(F)ccc2F)cc1. The zero-order chi connectivity index (χ0) is 17.0. The van der Waals surface area contributed by atoms with Crippen LogP contribution in [0, 0.1) is 11.6 Å². The third-order valence-corrected chi connectivity index (χ3v) is 3.23. The van der Waals surface area contributed by atoms with E-state index in [1.54, 1.807) is 0 Å². The molecule has 0 aliphatic heterocycles. The molecule has 0 aliphatic carbocycles. The van der Waals surface area contributed by atoms with Gasteiger partial charge in [-0.15, -0.1) is 0 Å². The molecule has 0 unspecified atom stereocenters. The molecule has 0 saturated heterocycles. The lowest BCUT2D eigenvalue weighted by atomic mass is 10.3. The molecule has 3 N–H and O–H groups in total. The number of rotatable bonds is 4. The monoisotopic (exact) mass is 341 g/mol. The first-order valence-corrected chi connectivity index (χ1v) is 8.23. The van der Waals surface area contributed by atoms with Gasteiger partial charge in [0.15, 0.2) is 0 Å². The minimum atomic E-state index is -3.39. The Morgan fingerprint density at radius 3 is 2.17 bits per heavy atom. The van der Waals surface area contributed by atoms with Crippen molar-refractivity contribution in [2.75, 3.05) is 21.6 Å². The van der Waals surface area contributed by atoms with Crippen molar-refractivity contribution in [1.29, 1.82) is 0 Å². The summed E-state index contributed by atoms with van der Waals surface area (Å²) in [5, 5.41) is 4.59. The molecule has 0 radical (unpaired) electrons. The van der Waals surface area contributed by atoms with Crippen molar-refractivity contribution >= 4 is 33.1 Å². The Balaban J connectivity index is 2.01. The van der Waals surface area contributed by atoms with E-state index in [1.165, 1.54) is 24.3 Å². The van der Waals surface area contributed by atoms with Gasteiger partial charge in [-0.25, -0.2) is 22.0 Å². The zero-order valence-corrected chi connectivity index (χ0v) is 12.7. The number of sulfonamides is 1. The van der Waals surface area contributed by atoms with Crippen molar-refractivity contribution in [3.63, 3.8) is 0 Å². The molecule has 2 aromatic rings. The quantitative estimate of drug-likeness (QED) is 0.799. The summed E-state index contributed by atoms with van der Waals surface area (Å²) in [4.78, 5) is 11.7. The second kappa shape index (κ2) is 6.61. The second-order valence-electron chi connectivity index (χ2n) is 4.65. The molecular formula is C14H13F2N3O3S. The maximum Gasteiger partial charge on any atom is 0.323 e. The van der Waals surface area contributed by atoms with Crippen LogP contribution in [0.5, 0.6) is 0 Å². The van der Waals surface area contributed by atoms with Crippen LogP contribution >= 0.6 is 0 Å². The summed E-state index contributed by atoms with van der Waals surface area (Å²) in [6.45, 7) is 0. The lowest BCUT2D eigenvalue weighted by molar-refractivity contribution is 0.262. The average molecular weight is 341 g/mol. The molecule has 0 atom stereocenters. The first-order valence-electron chi connectivity index (χ1n) is 6.34. The van der Waals surface area contributed by atoms with Crippen molar-refractivity contribution in [3.05, 3.63) is 54.1 Å². The molecule has 2 aromatic carbocycles. The van der Waals surface area contributed by atoms with Gasteiger partial charge >= 0.3 is 6.03 Å². The third kappa shape index (κ3) is 5.22. The highest BCUT2D eigenvalue weighted by molar-refractivity contribution is 7.92. The maximum atomic E-state index is 13.4. The first-order chi connectivity index (χ1) is 10.7. The van der Waals surface area contributed by atoms with E-state index in [-0.39, 0.29) is 5.69 Å². The number of hydrogen-bond acceptors (Lipinski definition) is 3. The van der Waals surface area contributed by atoms with Crippen LogP contribution in [-0.2, 0) is 10.0 Å². The van der Waals surface area contributed by atoms with E-state index in [4.69, 9.17) is 0 Å². The predicted octanol–water partition coefficient (Wildman–Crippen LogP) is 2.98. The molecule has 2 rings (SSSR count). The minimum Gasteiger partial charge on any atom is -0.308 e. The number of anilines is 3. The summed E-state index contributed by atoms with van der Waals surface area (Å²) in [5.41, 5.74) is 0.380. The van der Waals surface area contributed by atoms with Gasteiger partial charge < -0.3 is 10.6 Å². The smallest absolute Gasteiger partial charge is 0.308 e. The molecule has 0 heterocycles. The highest BCUT2D eigenvalue weighted by atomic mass is 32.2. The van der Waals surface area contributed by atoms with Crippen LogP contribution in [0.25, 0.3) is 0 Å². The molecule has 0 spiro atoms. The van der Waals surface area contributed by atoms with Gasteiger partial charge in [-0.2, -0.15) is 0 Å². The van der Waals surface area contributed by atoms with E-state index < -0.39 is 27.7 Å². The summed E-state index contributed by atoms with van der Waals surface area (Å²) in [6.07, 6.45) is 1.01. The standard InChI is InChI=1S/C14H13F2N3O3S/c1-23(21,22)19-11-5-3-10(4-6-11)17-14(20)18-13-8-9(15)2-7-12(13)16/h2-8,19H,1H3,(H2,17,18,20). The van der Waals surface area contributed by atoms with E-state index in [0.717, 1.165) is 24.5 Å². The van der Waals surface area contributed by atoms with Crippen molar-refractivity contribution in [2.24, 2.45) is 0 Å². The summed E-state index contributed by atoms with van der Waals surface area (Å²) in [5.74, 6) is -1.45. The van der Waals surface area contributed by atoms with Crippen molar-refractivity contribution < 1.29 is 22.0 Å². The van der Waals surface area contributed by atoms with Crippen LogP contribution in [0.1, 0.15) is 0 Å². The largest absolute Gasteiger partial charge is 0.323 e. The van der Waals surface area contributed by atoms with Gasteiger partial charge in [0.25, 0.3) is 0 Å². The average Bonchev–Trinajstić information content (AvgIpc) is 2.43. The normalized spacial score (nSPS) is 10.9. The molecular weight excluding hydrogens is 328 g/mol. The van der Waals surface area contributed by atoms with Crippen LogP contribution in [0.2, 0.25) is 0 Å². The Bertz CT molecular complexity index is 824. The summed E-state index contributed by atoms with van der Waals surface area (Å²) in [6, 6.07) is 7.72. The van der Waals surface area contributed by atoms with E-state index >= 15 is 0 Å². The maximum absolute atomic E-state index is 13.4. The lowest BCUT2D eigenvalue weighted by Crippen LogP contribution is -2.20. The summed E-state index contributed by atoms with van der Waals surface area (Å²) >= 11 is 0. The van der Waals surface area contributed by atoms with Gasteiger partial charge in [0.05, 0.1) is 11.9 Å². The van der Waals surface area contributed by atoms with Gasteiger partial charge in [-0.1, -0.05) is 0 Å². The van der Waals surface area contributed by atoms with E-state index in [0.29, 0.717) is 11.4 Å². The van der Waals surface area contributed by atoms with E-state index in [9.17, 15) is 22.0 Å². The van der Waals surface area contributed by atoms with Gasteiger partial charge in [0.2, 0.25) is 10.0 Å². The number of carbonyl (C=O) groups is 1. The van der Waals surface area contributed by atoms with Gasteiger partial charge in [-0.05, 0) is 36.4 Å². The van der Waals surface area contributed by atoms with Crippen molar-refractivity contribution in [2.45, 2.75) is 0 Å². The predicted molar refractivity (Wildman–Crippen MR) is 83.9 cm³/mol. The highest BCUT2D eigenvalue weighted by Gasteiger charge is 2.08. The number of hydrogen-bond donors (Lipinski definition) is 3. The number of urea groups is 1. The fraction of sp³-hybridized carbons (Fsp3) is 0.0714. The van der Waals surface area contributed by atoms with Gasteiger partial charge in [-0.3, -0.25) is 4.72 Å². The summed E-state index contributed by atoms with van der Waals surface area (Å²) < 4.78 is 50.8. The number of carbonyl (C=O) groups excluding carboxylic acids is 1. The summed E-state index contributed by atoms with van der Waals surface area (Å²) in [7, 11) is -3.39. The number of amides is 2. The van der Waals surface area contributed by atoms with Crippen LogP contribution in [0.3, 0.4) is 0 Å². The fourth-order valence-electron chi connectivity index (χ4n) is 1.71. The van der Waals surface area contributed by atoms with Crippen LogP contribution in [-0.4, -0.2) is 20.7 Å². The Labute approximate surface area is 131 Å². The fourth-order valence-corrected chi connectivity index (χ4v) is 2.28. The van der Waals surface area contributed by atoms with E-state index in [1.807, 2.05) is 0 Å². The zero-order valence-electron chi connectivity index (χ0n) is 11.9. The number of nitrogens with one attached hydrogen (secondary N) is 3. The van der Waals surface area contributed by atoms with Crippen LogP contribution in [0.15, 0.2) is 42.5 Å². The Hall–Kier alpha value is -2.68. The molecule has 0 aliphatic rings. The van der Waals surface area contributed by atoms with Crippen LogP contribution < -0.4 is 15.4 Å². The van der Waals surface area contributed by atoms with E-state index in [2.05, 4.69) is 15.4 Å². The first kappa shape index (κ1) is 16.7. The Kier molecular flexibility index (Phi) is 4.80. The van der Waals surface area contributed by atoms with Crippen molar-refractivity contribution in [1.82, 2.24) is 0 Å². The highest BCUT2D eigenvalue weighted by Crippen LogP contribution is 2.17. The topological polar surface area (TPSA) is 87.3 Å². The minimum absolute atomic E-state index is 0.294. The molecule has 0 aromatic heterocycles. The Morgan fingerprint density at radius 2 is 1.57 bits per heavy atom. The third-order valence-electron chi connectivity index (χ3n) is 2.62. The molecule has 0 saturated carbocycles. The molecule has 9 heteroatoms. The molecule has 6 nitrogen and oxygen atoms in total. The van der Waals surface area contributed by atoms with Crippen LogP contribution in [0.4, 0.5) is 30.6 Å². The molecule has 2 amide bonds. The molecule has 0 bridgehead atoms. The van der Waals surface area contributed by atoms with Crippen molar-refractivity contribution in [3.8, 4) is 0 Å².